The fourth-order valence-corrected chi connectivity index (χ4v) is 2.78. The minimum atomic E-state index is -1.08. The summed E-state index contributed by atoms with van der Waals surface area (Å²) in [6.07, 6.45) is 4.97. The molecule has 1 aromatic heterocycles. The Hall–Kier alpha value is -1.14. The van der Waals surface area contributed by atoms with Crippen LogP contribution in [0.5, 0.6) is 0 Å². The van der Waals surface area contributed by atoms with Gasteiger partial charge in [0.05, 0.1) is 18.0 Å². The maximum absolute atomic E-state index is 10.6. The van der Waals surface area contributed by atoms with E-state index < -0.39 is 21.5 Å². The molecule has 0 amide bonds. The van der Waals surface area contributed by atoms with Crippen LogP contribution in [0, 0.1) is 11.3 Å². The van der Waals surface area contributed by atoms with Crippen molar-refractivity contribution in [1.82, 2.24) is 13.5 Å². The normalized spacial score (nSPS) is 16.8. The Labute approximate surface area is 110 Å². The molecule has 7 heteroatoms. The SMILES string of the molecule is N#Cc1cnc(N2CCC(NI=O)CC2)nc1. The standard InChI is InChI=1S/C10H12IN5O/c12-5-8-6-13-10(14-7-8)16-3-1-9(2-4-16)15-11-17/h6-7,9H,1-4H2,(H,15,17). The van der Waals surface area contributed by atoms with Crippen LogP contribution in [0.1, 0.15) is 18.4 Å². The van der Waals surface area contributed by atoms with Gasteiger partial charge in [-0.1, -0.05) is 0 Å². The predicted molar refractivity (Wildman–Crippen MR) is 69.8 cm³/mol. The highest BCUT2D eigenvalue weighted by molar-refractivity contribution is 14.1. The van der Waals surface area contributed by atoms with Crippen molar-refractivity contribution in [3.05, 3.63) is 18.0 Å². The number of aromatic nitrogens is 2. The Morgan fingerprint density at radius 3 is 2.59 bits per heavy atom. The topological polar surface area (TPSA) is 81.9 Å². The molecule has 1 saturated heterocycles. The molecule has 1 aliphatic heterocycles. The number of rotatable bonds is 3. The number of nitriles is 1. The molecule has 1 aromatic rings. The van der Waals surface area contributed by atoms with Gasteiger partial charge in [-0.05, 0) is 12.8 Å². The number of hydrogen-bond acceptors (Lipinski definition) is 5. The zero-order valence-corrected chi connectivity index (χ0v) is 11.3. The maximum atomic E-state index is 10.6. The molecule has 0 bridgehead atoms. The van der Waals surface area contributed by atoms with E-state index in [1.165, 1.54) is 12.4 Å². The van der Waals surface area contributed by atoms with E-state index in [2.05, 4.69) is 18.4 Å². The third kappa shape index (κ3) is 3.17. The monoisotopic (exact) mass is 345 g/mol. The van der Waals surface area contributed by atoms with Crippen molar-refractivity contribution in [2.75, 3.05) is 18.0 Å². The van der Waals surface area contributed by atoms with Gasteiger partial charge in [-0.3, -0.25) is 3.07 Å². The van der Waals surface area contributed by atoms with Gasteiger partial charge in [-0.15, -0.1) is 0 Å². The molecular weight excluding hydrogens is 333 g/mol. The first kappa shape index (κ1) is 12.3. The molecule has 0 atom stereocenters. The predicted octanol–water partition coefficient (Wildman–Crippen LogP) is 1.14. The van der Waals surface area contributed by atoms with E-state index >= 15 is 0 Å². The van der Waals surface area contributed by atoms with Gasteiger partial charge in [0.15, 0.2) is 0 Å². The van der Waals surface area contributed by atoms with Crippen LogP contribution < -0.4 is 8.43 Å². The number of halogens is 1. The molecule has 1 N–H and O–H groups in total. The molecule has 0 aliphatic carbocycles. The van der Waals surface area contributed by atoms with Crippen molar-refractivity contribution in [1.29, 1.82) is 5.26 Å². The number of hydrogen-bond donors (Lipinski definition) is 1. The van der Waals surface area contributed by atoms with Crippen molar-refractivity contribution in [3.8, 4) is 6.07 Å². The third-order valence-electron chi connectivity index (χ3n) is 2.74. The first-order valence-electron chi connectivity index (χ1n) is 5.32. The molecule has 90 valence electrons. The first-order valence-corrected chi connectivity index (χ1v) is 7.28. The highest BCUT2D eigenvalue weighted by Crippen LogP contribution is 2.16. The van der Waals surface area contributed by atoms with Gasteiger partial charge < -0.3 is 4.90 Å². The van der Waals surface area contributed by atoms with Crippen LogP contribution >= 0.6 is 21.5 Å². The molecule has 0 saturated carbocycles. The van der Waals surface area contributed by atoms with Crippen molar-refractivity contribution in [2.45, 2.75) is 18.9 Å². The van der Waals surface area contributed by atoms with Crippen LogP contribution in [0.25, 0.3) is 0 Å². The molecule has 0 radical (unpaired) electrons. The van der Waals surface area contributed by atoms with E-state index in [0.717, 1.165) is 25.9 Å². The fourth-order valence-electron chi connectivity index (χ4n) is 1.79. The minimum absolute atomic E-state index is 0.356. The smallest absolute Gasteiger partial charge is 0.237 e. The summed E-state index contributed by atoms with van der Waals surface area (Å²) in [6.45, 7) is 1.71. The number of nitrogens with zero attached hydrogens (tertiary/aromatic N) is 4. The Bertz CT molecular complexity index is 421. The molecular formula is C10H12IN5O. The van der Waals surface area contributed by atoms with Gasteiger partial charge >= 0.3 is 0 Å². The first-order chi connectivity index (χ1) is 8.33. The zero-order valence-electron chi connectivity index (χ0n) is 9.14. The fraction of sp³-hybridized carbons (Fsp3) is 0.500. The zero-order chi connectivity index (χ0) is 12.1. The van der Waals surface area contributed by atoms with Crippen LogP contribution in [0.15, 0.2) is 12.4 Å². The molecule has 2 rings (SSSR count). The Balaban J connectivity index is 1.96. The Kier molecular flexibility index (Phi) is 4.33. The van der Waals surface area contributed by atoms with Crippen molar-refractivity contribution >= 4 is 27.4 Å². The van der Waals surface area contributed by atoms with Gasteiger partial charge in [-0.25, -0.2) is 13.5 Å². The van der Waals surface area contributed by atoms with Gasteiger partial charge in [0.1, 0.15) is 6.07 Å². The number of anilines is 1. The average Bonchev–Trinajstić information content (AvgIpc) is 2.40. The molecule has 1 aliphatic rings. The molecule has 6 nitrogen and oxygen atoms in total. The molecule has 0 unspecified atom stereocenters. The van der Waals surface area contributed by atoms with E-state index in [1.807, 2.05) is 6.07 Å². The van der Waals surface area contributed by atoms with Crippen LogP contribution in [0.4, 0.5) is 5.95 Å². The second-order valence-electron chi connectivity index (χ2n) is 3.83. The van der Waals surface area contributed by atoms with E-state index in [9.17, 15) is 3.07 Å². The highest BCUT2D eigenvalue weighted by Gasteiger charge is 2.20. The summed E-state index contributed by atoms with van der Waals surface area (Å²) in [5.41, 5.74) is 0.474. The second kappa shape index (κ2) is 5.97. The summed E-state index contributed by atoms with van der Waals surface area (Å²) in [5, 5.41) is 8.65. The molecule has 17 heavy (non-hydrogen) atoms. The highest BCUT2D eigenvalue weighted by atomic mass is 127. The minimum Gasteiger partial charge on any atom is -0.341 e. The lowest BCUT2D eigenvalue weighted by Gasteiger charge is -2.30. The summed E-state index contributed by atoms with van der Waals surface area (Å²) in [4.78, 5) is 10.4. The summed E-state index contributed by atoms with van der Waals surface area (Å²) in [6, 6.07) is 2.35. The van der Waals surface area contributed by atoms with Crippen LogP contribution in [0.3, 0.4) is 0 Å². The maximum Gasteiger partial charge on any atom is 0.237 e. The summed E-state index contributed by atoms with van der Waals surface area (Å²) in [5.74, 6) is 0.666. The van der Waals surface area contributed by atoms with Gasteiger partial charge in [0, 0.05) is 19.1 Å². The summed E-state index contributed by atoms with van der Waals surface area (Å²) in [7, 11) is 0. The Morgan fingerprint density at radius 2 is 2.06 bits per heavy atom. The van der Waals surface area contributed by atoms with Gasteiger partial charge in [0.2, 0.25) is 27.4 Å². The van der Waals surface area contributed by atoms with Crippen molar-refractivity contribution in [3.63, 3.8) is 0 Å². The average molecular weight is 345 g/mol. The molecule has 2 heterocycles. The van der Waals surface area contributed by atoms with Crippen molar-refractivity contribution < 1.29 is 3.07 Å². The summed E-state index contributed by atoms with van der Waals surface area (Å²) < 4.78 is 13.6. The van der Waals surface area contributed by atoms with Crippen molar-refractivity contribution in [2.24, 2.45) is 0 Å². The van der Waals surface area contributed by atoms with Gasteiger partial charge in [-0.2, -0.15) is 5.26 Å². The second-order valence-corrected chi connectivity index (χ2v) is 4.89. The van der Waals surface area contributed by atoms with E-state index in [0.29, 0.717) is 17.6 Å². The largest absolute Gasteiger partial charge is 0.341 e. The Morgan fingerprint density at radius 1 is 1.41 bits per heavy atom. The van der Waals surface area contributed by atoms with Crippen LogP contribution in [-0.4, -0.2) is 29.1 Å². The van der Waals surface area contributed by atoms with E-state index in [4.69, 9.17) is 5.26 Å². The third-order valence-corrected chi connectivity index (χ3v) is 3.88. The van der Waals surface area contributed by atoms with Gasteiger partial charge in [0.25, 0.3) is 0 Å². The molecule has 1 fully saturated rings. The van der Waals surface area contributed by atoms with E-state index in [1.54, 1.807) is 0 Å². The number of nitrogens with one attached hydrogen (secondary N) is 1. The lowest BCUT2D eigenvalue weighted by atomic mass is 10.1. The van der Waals surface area contributed by atoms with E-state index in [-0.39, 0.29) is 0 Å². The quantitative estimate of drug-likeness (QED) is 0.654. The lowest BCUT2D eigenvalue weighted by Crippen LogP contribution is -2.40. The summed E-state index contributed by atoms with van der Waals surface area (Å²) >= 11 is -1.08. The lowest BCUT2D eigenvalue weighted by molar-refractivity contribution is 0.480. The van der Waals surface area contributed by atoms with Crippen LogP contribution in [0.2, 0.25) is 0 Å². The molecule has 0 spiro atoms. The van der Waals surface area contributed by atoms with Crippen LogP contribution in [-0.2, 0) is 3.07 Å². The molecule has 0 aromatic carbocycles. The number of piperidine rings is 1.